The zero-order valence-corrected chi connectivity index (χ0v) is 27.5. The van der Waals surface area contributed by atoms with Crippen LogP contribution >= 0.6 is 0 Å². The van der Waals surface area contributed by atoms with Crippen LogP contribution in [0.15, 0.2) is 46.4 Å². The average Bonchev–Trinajstić information content (AvgIpc) is 3.56. The fraction of sp³-hybridized carbons (Fsp3) is 0.649. The Labute approximate surface area is 264 Å². The van der Waals surface area contributed by atoms with Crippen LogP contribution in [0.25, 0.3) is 0 Å². The Morgan fingerprint density at radius 2 is 1.50 bits per heavy atom. The first-order valence-electron chi connectivity index (χ1n) is 16.8. The van der Waals surface area contributed by atoms with Crippen molar-refractivity contribution in [3.8, 4) is 0 Å². The predicted octanol–water partition coefficient (Wildman–Crippen LogP) is 9.11. The van der Waals surface area contributed by atoms with Gasteiger partial charge >= 0.3 is 17.9 Å². The molecule has 0 amide bonds. The van der Waals surface area contributed by atoms with Crippen molar-refractivity contribution in [2.75, 3.05) is 7.11 Å². The number of furan rings is 1. The normalized spacial score (nSPS) is 21.2. The minimum Gasteiger partial charge on any atom is -0.465 e. The molecular formula is C37H54O7. The van der Waals surface area contributed by atoms with Crippen molar-refractivity contribution < 1.29 is 33.0 Å². The van der Waals surface area contributed by atoms with Gasteiger partial charge in [0.1, 0.15) is 29.3 Å². The van der Waals surface area contributed by atoms with Crippen LogP contribution in [0.2, 0.25) is 0 Å². The van der Waals surface area contributed by atoms with E-state index in [0.29, 0.717) is 47.5 Å². The number of hydrogen-bond donors (Lipinski definition) is 0. The monoisotopic (exact) mass is 610 g/mol. The highest BCUT2D eigenvalue weighted by Crippen LogP contribution is 2.40. The van der Waals surface area contributed by atoms with Crippen molar-refractivity contribution in [3.05, 3.63) is 59.1 Å². The molecule has 2 unspecified atom stereocenters. The number of ether oxygens (including phenoxy) is 3. The van der Waals surface area contributed by atoms with E-state index in [2.05, 4.69) is 20.1 Å². The van der Waals surface area contributed by atoms with Crippen molar-refractivity contribution in [3.63, 3.8) is 0 Å². The number of methoxy groups -OCH3 is 1. The van der Waals surface area contributed by atoms with Gasteiger partial charge in [-0.1, -0.05) is 108 Å². The number of rotatable bonds is 18. The number of allylic oxidation sites excluding steroid dienone is 1. The maximum atomic E-state index is 13.1. The summed E-state index contributed by atoms with van der Waals surface area (Å²) in [7, 11) is 1.33. The summed E-state index contributed by atoms with van der Waals surface area (Å²) in [6.45, 7) is 14.2. The highest BCUT2D eigenvalue weighted by Gasteiger charge is 2.41. The number of carbonyl (C=O) groups excluding carboxylic acids is 3. The number of esters is 3. The maximum Gasteiger partial charge on any atom is 0.341 e. The van der Waals surface area contributed by atoms with E-state index in [4.69, 9.17) is 18.6 Å². The van der Waals surface area contributed by atoms with Crippen LogP contribution < -0.4 is 0 Å². The van der Waals surface area contributed by atoms with Crippen LogP contribution in [0.4, 0.5) is 0 Å². The molecule has 3 heterocycles. The Hall–Kier alpha value is -3.09. The molecule has 0 saturated heterocycles. The van der Waals surface area contributed by atoms with E-state index in [-0.39, 0.29) is 11.9 Å². The third kappa shape index (κ3) is 10.2. The van der Waals surface area contributed by atoms with Crippen molar-refractivity contribution in [2.45, 2.75) is 142 Å². The number of fused-ring (bicyclic) bond motifs is 3. The third-order valence-electron chi connectivity index (χ3n) is 8.95. The number of hydrogen-bond acceptors (Lipinski definition) is 7. The summed E-state index contributed by atoms with van der Waals surface area (Å²) in [5.74, 6) is -1.12. The van der Waals surface area contributed by atoms with E-state index in [9.17, 15) is 14.4 Å². The molecule has 7 heteroatoms. The first kappa shape index (κ1) is 35.4. The van der Waals surface area contributed by atoms with Gasteiger partial charge in [-0.15, -0.1) is 0 Å². The topological polar surface area (TPSA) is 92.0 Å². The molecule has 0 radical (unpaired) electrons. The van der Waals surface area contributed by atoms with E-state index < -0.39 is 30.1 Å². The van der Waals surface area contributed by atoms with Crippen molar-refractivity contribution in [2.24, 2.45) is 5.92 Å². The van der Waals surface area contributed by atoms with E-state index >= 15 is 0 Å². The van der Waals surface area contributed by atoms with E-state index in [1.165, 1.54) is 71.3 Å². The van der Waals surface area contributed by atoms with Crippen LogP contribution in [-0.4, -0.2) is 37.2 Å². The zero-order valence-electron chi connectivity index (χ0n) is 27.5. The molecule has 0 N–H and O–H groups in total. The Morgan fingerprint density at radius 1 is 0.909 bits per heavy atom. The molecule has 0 aliphatic carbocycles. The van der Waals surface area contributed by atoms with Gasteiger partial charge in [0, 0.05) is 12.8 Å². The Morgan fingerprint density at radius 3 is 2.05 bits per heavy atom. The van der Waals surface area contributed by atoms with Crippen LogP contribution in [0.5, 0.6) is 0 Å². The van der Waals surface area contributed by atoms with Gasteiger partial charge in [0.05, 0.1) is 18.6 Å². The quantitative estimate of drug-likeness (QED) is 0.0708. The van der Waals surface area contributed by atoms with Crippen LogP contribution in [-0.2, 0) is 30.2 Å². The molecule has 4 bridgehead atoms. The lowest BCUT2D eigenvalue weighted by Crippen LogP contribution is -2.27. The molecule has 0 aromatic carbocycles. The van der Waals surface area contributed by atoms with Crippen molar-refractivity contribution in [1.82, 2.24) is 0 Å². The van der Waals surface area contributed by atoms with Gasteiger partial charge in [-0.25, -0.2) is 9.59 Å². The van der Waals surface area contributed by atoms with Gasteiger partial charge in [0.2, 0.25) is 0 Å². The van der Waals surface area contributed by atoms with E-state index in [1.807, 2.05) is 13.8 Å². The maximum absolute atomic E-state index is 13.1. The zero-order chi connectivity index (χ0) is 32.1. The Kier molecular flexibility index (Phi) is 14.5. The van der Waals surface area contributed by atoms with Crippen LogP contribution in [0.1, 0.15) is 145 Å². The smallest absolute Gasteiger partial charge is 0.341 e. The lowest BCUT2D eigenvalue weighted by Gasteiger charge is -2.24. The second-order valence-corrected chi connectivity index (χ2v) is 12.7. The number of carbonyl (C=O) groups is 3. The van der Waals surface area contributed by atoms with Crippen LogP contribution in [0, 0.1) is 5.92 Å². The standard InChI is InChI=1S/C37H54O7/c1-7-8-9-10-11-12-13-14-15-16-17-18-19-20-34(38)43-31-22-27(25(2)3)21-30-28(36(39)41-6)23-32(42-30)35(26(4)5)33-24-29(31)37(40)44-33/h23-24,27,31,33,35H,2,4,7-22H2,1,3,5-6H3/t27?,31?,33-,35+/m1/s1. The fourth-order valence-electron chi connectivity index (χ4n) is 6.28. The predicted molar refractivity (Wildman–Crippen MR) is 172 cm³/mol. The summed E-state index contributed by atoms with van der Waals surface area (Å²) >= 11 is 0. The van der Waals surface area contributed by atoms with Crippen molar-refractivity contribution in [1.29, 1.82) is 0 Å². The van der Waals surface area contributed by atoms with E-state index in [0.717, 1.165) is 24.8 Å². The molecule has 44 heavy (non-hydrogen) atoms. The molecule has 2 aliphatic rings. The van der Waals surface area contributed by atoms with Gasteiger partial charge in [0.15, 0.2) is 0 Å². The Balaban J connectivity index is 1.59. The molecule has 0 saturated carbocycles. The molecule has 2 aliphatic heterocycles. The van der Waals surface area contributed by atoms with Gasteiger partial charge in [0.25, 0.3) is 0 Å². The fourth-order valence-corrected chi connectivity index (χ4v) is 6.28. The first-order valence-corrected chi connectivity index (χ1v) is 16.8. The summed E-state index contributed by atoms with van der Waals surface area (Å²) in [6.07, 6.45) is 17.2. The third-order valence-corrected chi connectivity index (χ3v) is 8.95. The van der Waals surface area contributed by atoms with Crippen molar-refractivity contribution >= 4 is 17.9 Å². The Bertz CT molecular complexity index is 1170. The first-order chi connectivity index (χ1) is 21.2. The largest absolute Gasteiger partial charge is 0.465 e. The van der Waals surface area contributed by atoms with Gasteiger partial charge in [-0.2, -0.15) is 0 Å². The SMILES string of the molecule is C=C(C)C1Cc2oc(cc2C(=O)OC)[C@H](C(=C)C)[C@H]2C=C(C(=O)O2)C(OC(=O)CCCCCCCCCCCCCCC)C1. The molecule has 7 nitrogen and oxygen atoms in total. The van der Waals surface area contributed by atoms with Gasteiger partial charge in [-0.3, -0.25) is 4.79 Å². The molecule has 3 rings (SSSR count). The molecule has 1 aromatic heterocycles. The lowest BCUT2D eigenvalue weighted by molar-refractivity contribution is -0.150. The molecule has 244 valence electrons. The summed E-state index contributed by atoms with van der Waals surface area (Å²) in [5, 5.41) is 0. The lowest BCUT2D eigenvalue weighted by atomic mass is 9.86. The summed E-state index contributed by atoms with van der Waals surface area (Å²) in [4.78, 5) is 38.8. The molecular weight excluding hydrogens is 556 g/mol. The highest BCUT2D eigenvalue weighted by molar-refractivity contribution is 5.93. The second kappa shape index (κ2) is 18.0. The van der Waals surface area contributed by atoms with Crippen LogP contribution in [0.3, 0.4) is 0 Å². The van der Waals surface area contributed by atoms with Gasteiger partial charge < -0.3 is 18.6 Å². The molecule has 1 aromatic rings. The minimum absolute atomic E-state index is 0.222. The molecule has 4 atom stereocenters. The number of unbranched alkanes of at least 4 members (excludes halogenated alkanes) is 12. The average molecular weight is 611 g/mol. The van der Waals surface area contributed by atoms with Gasteiger partial charge in [-0.05, 0) is 44.7 Å². The molecule has 0 spiro atoms. The van der Waals surface area contributed by atoms with E-state index in [1.54, 1.807) is 12.1 Å². The second-order valence-electron chi connectivity index (χ2n) is 12.7. The summed E-state index contributed by atoms with van der Waals surface area (Å²) in [5.41, 5.74) is 2.20. The summed E-state index contributed by atoms with van der Waals surface area (Å²) in [6, 6.07) is 1.66. The molecule has 0 fully saturated rings. The summed E-state index contributed by atoms with van der Waals surface area (Å²) < 4.78 is 23.0. The highest BCUT2D eigenvalue weighted by atomic mass is 16.6. The minimum atomic E-state index is -0.790.